The van der Waals surface area contributed by atoms with Gasteiger partial charge in [-0.3, -0.25) is 4.79 Å². The maximum atomic E-state index is 12.8. The Kier molecular flexibility index (Phi) is 4.45. The lowest BCUT2D eigenvalue weighted by atomic mass is 10.1. The molecule has 1 heterocycles. The topological polar surface area (TPSA) is 67.2 Å². The Hall–Kier alpha value is -2.42. The molecule has 0 aliphatic heterocycles. The van der Waals surface area contributed by atoms with Gasteiger partial charge in [0, 0.05) is 17.4 Å². The van der Waals surface area contributed by atoms with Crippen molar-refractivity contribution in [2.75, 3.05) is 5.32 Å². The van der Waals surface area contributed by atoms with E-state index in [1.165, 1.54) is 12.1 Å². The molecule has 2 rings (SSSR count). The first kappa shape index (κ1) is 16.0. The number of amides is 1. The summed E-state index contributed by atoms with van der Waals surface area (Å²) < 4.78 is 51.3. The van der Waals surface area contributed by atoms with E-state index in [0.717, 1.165) is 0 Å². The van der Waals surface area contributed by atoms with Crippen molar-refractivity contribution in [1.29, 1.82) is 0 Å². The zero-order chi connectivity index (χ0) is 16.3. The Labute approximate surface area is 122 Å². The van der Waals surface area contributed by atoms with Crippen LogP contribution in [0.2, 0.25) is 0 Å². The molecule has 2 N–H and O–H groups in total. The third kappa shape index (κ3) is 3.25. The van der Waals surface area contributed by atoms with Crippen LogP contribution in [0.1, 0.15) is 21.6 Å². The van der Waals surface area contributed by atoms with Gasteiger partial charge >= 0.3 is 6.18 Å². The van der Waals surface area contributed by atoms with E-state index in [9.17, 15) is 22.4 Å². The number of nitrogens with zero attached hydrogens (tertiary/aromatic N) is 2. The van der Waals surface area contributed by atoms with E-state index >= 15 is 0 Å². The zero-order valence-corrected chi connectivity index (χ0v) is 11.1. The van der Waals surface area contributed by atoms with E-state index < -0.39 is 36.7 Å². The van der Waals surface area contributed by atoms with Gasteiger partial charge in [-0.2, -0.15) is 18.3 Å². The second-order valence-electron chi connectivity index (χ2n) is 4.32. The predicted molar refractivity (Wildman–Crippen MR) is 68.7 cm³/mol. The highest BCUT2D eigenvalue weighted by molar-refractivity contribution is 6.05. The molecule has 0 unspecified atom stereocenters. The molecule has 0 spiro atoms. The van der Waals surface area contributed by atoms with E-state index in [4.69, 9.17) is 5.11 Å². The Balaban J connectivity index is 2.35. The first-order chi connectivity index (χ1) is 10.4. The summed E-state index contributed by atoms with van der Waals surface area (Å²) in [6.45, 7) is -1.68. The number of para-hydroxylation sites is 1. The molecule has 0 fully saturated rings. The summed E-state index contributed by atoms with van der Waals surface area (Å²) in [7, 11) is 0. The van der Waals surface area contributed by atoms with Crippen molar-refractivity contribution in [3.05, 3.63) is 47.3 Å². The molecule has 0 saturated carbocycles. The van der Waals surface area contributed by atoms with Crippen LogP contribution in [-0.2, 0) is 19.6 Å². The summed E-state index contributed by atoms with van der Waals surface area (Å²) in [4.78, 5) is 12.0. The minimum absolute atomic E-state index is 0.163. The van der Waals surface area contributed by atoms with E-state index in [0.29, 0.717) is 16.4 Å². The lowest BCUT2D eigenvalue weighted by molar-refractivity contribution is -0.141. The van der Waals surface area contributed by atoms with Crippen molar-refractivity contribution < 1.29 is 27.5 Å². The SMILES string of the molecule is O=C(Nc1ccccc1CO)c1cn(CF)nc1C(F)(F)F. The van der Waals surface area contributed by atoms with Gasteiger partial charge in [0.05, 0.1) is 12.2 Å². The number of anilines is 1. The molecule has 0 bridgehead atoms. The summed E-state index contributed by atoms with van der Waals surface area (Å²) in [5, 5.41) is 14.4. The number of hydrogen-bond acceptors (Lipinski definition) is 3. The second kappa shape index (κ2) is 6.14. The van der Waals surface area contributed by atoms with Crippen molar-refractivity contribution in [3.63, 3.8) is 0 Å². The maximum absolute atomic E-state index is 12.8. The Bertz CT molecular complexity index is 682. The van der Waals surface area contributed by atoms with E-state index in [2.05, 4.69) is 10.4 Å². The molecule has 0 radical (unpaired) electrons. The fraction of sp³-hybridized carbons (Fsp3) is 0.231. The number of halogens is 4. The number of aliphatic hydroxyl groups excluding tert-OH is 1. The number of aromatic nitrogens is 2. The predicted octanol–water partition coefficient (Wildman–Crippen LogP) is 2.57. The number of carbonyl (C=O) groups is 1. The molecule has 0 aliphatic carbocycles. The Morgan fingerprint density at radius 3 is 2.59 bits per heavy atom. The smallest absolute Gasteiger partial charge is 0.392 e. The molecule has 5 nitrogen and oxygen atoms in total. The Morgan fingerprint density at radius 2 is 2.00 bits per heavy atom. The van der Waals surface area contributed by atoms with Crippen molar-refractivity contribution in [3.8, 4) is 0 Å². The van der Waals surface area contributed by atoms with Crippen LogP contribution in [0.3, 0.4) is 0 Å². The molecule has 1 aromatic carbocycles. The third-order valence-electron chi connectivity index (χ3n) is 2.83. The molecular weight excluding hydrogens is 306 g/mol. The second-order valence-corrected chi connectivity index (χ2v) is 4.32. The fourth-order valence-corrected chi connectivity index (χ4v) is 1.83. The number of benzene rings is 1. The highest BCUT2D eigenvalue weighted by atomic mass is 19.4. The molecule has 1 amide bonds. The first-order valence-corrected chi connectivity index (χ1v) is 6.07. The quantitative estimate of drug-likeness (QED) is 0.852. The minimum Gasteiger partial charge on any atom is -0.392 e. The number of nitrogens with one attached hydrogen (secondary N) is 1. The van der Waals surface area contributed by atoms with Crippen molar-refractivity contribution in [2.45, 2.75) is 19.6 Å². The summed E-state index contributed by atoms with van der Waals surface area (Å²) in [5.74, 6) is -1.09. The first-order valence-electron chi connectivity index (χ1n) is 6.07. The zero-order valence-electron chi connectivity index (χ0n) is 11.1. The average Bonchev–Trinajstić information content (AvgIpc) is 2.92. The van der Waals surface area contributed by atoms with E-state index in [1.54, 1.807) is 12.1 Å². The molecule has 118 valence electrons. The van der Waals surface area contributed by atoms with Gasteiger partial charge in [-0.15, -0.1) is 0 Å². The number of aliphatic hydroxyl groups is 1. The van der Waals surface area contributed by atoms with Gasteiger partial charge in [0.2, 0.25) is 0 Å². The van der Waals surface area contributed by atoms with Gasteiger partial charge in [0.1, 0.15) is 0 Å². The molecule has 0 atom stereocenters. The van der Waals surface area contributed by atoms with Crippen LogP contribution in [-0.4, -0.2) is 20.8 Å². The maximum Gasteiger partial charge on any atom is 0.435 e. The highest BCUT2D eigenvalue weighted by Gasteiger charge is 2.39. The van der Waals surface area contributed by atoms with Gasteiger partial charge in [-0.25, -0.2) is 9.07 Å². The van der Waals surface area contributed by atoms with Crippen LogP contribution in [0, 0.1) is 0 Å². The summed E-state index contributed by atoms with van der Waals surface area (Å²) in [6, 6.07) is 6.08. The van der Waals surface area contributed by atoms with Crippen LogP contribution in [0.15, 0.2) is 30.5 Å². The summed E-state index contributed by atoms with van der Waals surface area (Å²) >= 11 is 0. The molecule has 0 aliphatic rings. The number of rotatable bonds is 4. The van der Waals surface area contributed by atoms with Crippen LogP contribution in [0.4, 0.5) is 23.2 Å². The standard InChI is InChI=1S/C13H11F4N3O2/c14-7-20-5-9(11(19-20)13(15,16)17)12(22)18-10-4-2-1-3-8(10)6-21/h1-5,21H,6-7H2,(H,18,22). The van der Waals surface area contributed by atoms with E-state index in [-0.39, 0.29) is 5.69 Å². The summed E-state index contributed by atoms with van der Waals surface area (Å²) in [6.07, 6.45) is -4.21. The molecule has 22 heavy (non-hydrogen) atoms. The number of carbonyl (C=O) groups excluding carboxylic acids is 1. The van der Waals surface area contributed by atoms with Crippen molar-refractivity contribution >= 4 is 11.6 Å². The van der Waals surface area contributed by atoms with Crippen molar-refractivity contribution in [1.82, 2.24) is 9.78 Å². The van der Waals surface area contributed by atoms with Gasteiger partial charge < -0.3 is 10.4 Å². The van der Waals surface area contributed by atoms with Gasteiger partial charge in [-0.05, 0) is 6.07 Å². The molecule has 2 aromatic rings. The molecular formula is C13H11F4N3O2. The highest BCUT2D eigenvalue weighted by Crippen LogP contribution is 2.31. The van der Waals surface area contributed by atoms with Gasteiger partial charge in [-0.1, -0.05) is 18.2 Å². The van der Waals surface area contributed by atoms with Gasteiger partial charge in [0.25, 0.3) is 5.91 Å². The molecule has 9 heteroatoms. The number of alkyl halides is 4. The average molecular weight is 317 g/mol. The lowest BCUT2D eigenvalue weighted by Crippen LogP contribution is -2.18. The Morgan fingerprint density at radius 1 is 1.32 bits per heavy atom. The van der Waals surface area contributed by atoms with Crippen LogP contribution >= 0.6 is 0 Å². The fourth-order valence-electron chi connectivity index (χ4n) is 1.83. The molecule has 1 aromatic heterocycles. The van der Waals surface area contributed by atoms with Crippen molar-refractivity contribution in [2.24, 2.45) is 0 Å². The largest absolute Gasteiger partial charge is 0.435 e. The lowest BCUT2D eigenvalue weighted by Gasteiger charge is -2.10. The van der Waals surface area contributed by atoms with Crippen LogP contribution < -0.4 is 5.32 Å². The van der Waals surface area contributed by atoms with Crippen LogP contribution in [0.25, 0.3) is 0 Å². The molecule has 0 saturated heterocycles. The summed E-state index contributed by atoms with van der Waals surface area (Å²) in [5.41, 5.74) is -1.76. The van der Waals surface area contributed by atoms with Gasteiger partial charge in [0.15, 0.2) is 12.5 Å². The third-order valence-corrected chi connectivity index (χ3v) is 2.83. The minimum atomic E-state index is -4.89. The van der Waals surface area contributed by atoms with Crippen LogP contribution in [0.5, 0.6) is 0 Å². The normalized spacial score (nSPS) is 11.5. The monoisotopic (exact) mass is 317 g/mol. The van der Waals surface area contributed by atoms with E-state index in [1.807, 2.05) is 0 Å². The number of hydrogen-bond donors (Lipinski definition) is 2.